The first-order chi connectivity index (χ1) is 10.2. The van der Waals surface area contributed by atoms with Gasteiger partial charge in [0.1, 0.15) is 0 Å². The molecule has 0 aliphatic heterocycles. The maximum atomic E-state index is 13.2. The van der Waals surface area contributed by atoms with Crippen LogP contribution >= 0.6 is 0 Å². The van der Waals surface area contributed by atoms with E-state index in [0.717, 1.165) is 25.5 Å². The van der Waals surface area contributed by atoms with Gasteiger partial charge in [0.05, 0.1) is 11.9 Å². The van der Waals surface area contributed by atoms with Crippen molar-refractivity contribution in [3.63, 3.8) is 0 Å². The van der Waals surface area contributed by atoms with E-state index in [4.69, 9.17) is 0 Å². The number of nitrogens with zero attached hydrogens (tertiary/aromatic N) is 1. The predicted octanol–water partition coefficient (Wildman–Crippen LogP) is 1.65. The number of hydrogen-bond donors (Lipinski definition) is 3. The van der Waals surface area contributed by atoms with E-state index in [2.05, 4.69) is 20.9 Å². The van der Waals surface area contributed by atoms with Crippen LogP contribution in [-0.2, 0) is 4.79 Å². The minimum absolute atomic E-state index is 0.0841. The first kappa shape index (κ1) is 15.2. The van der Waals surface area contributed by atoms with Crippen LogP contribution in [0, 0.1) is 11.7 Å². The number of urea groups is 1. The molecule has 3 N–H and O–H groups in total. The summed E-state index contributed by atoms with van der Waals surface area (Å²) in [6.07, 6.45) is 6.14. The Bertz CT molecular complexity index is 506. The SMILES string of the molecule is O=C(NCCCNC(=O)C1CCC1)Nc1ccncc1F. The minimum Gasteiger partial charge on any atom is -0.356 e. The van der Waals surface area contributed by atoms with Crippen molar-refractivity contribution in [3.8, 4) is 0 Å². The number of amides is 3. The first-order valence-electron chi connectivity index (χ1n) is 7.09. The monoisotopic (exact) mass is 294 g/mol. The van der Waals surface area contributed by atoms with Crippen LogP contribution < -0.4 is 16.0 Å². The lowest BCUT2D eigenvalue weighted by molar-refractivity contribution is -0.127. The number of carbonyl (C=O) groups excluding carboxylic acids is 2. The molecule has 7 heteroatoms. The van der Waals surface area contributed by atoms with Crippen molar-refractivity contribution in [2.45, 2.75) is 25.7 Å². The molecular weight excluding hydrogens is 275 g/mol. The van der Waals surface area contributed by atoms with Crippen LogP contribution in [-0.4, -0.2) is 30.0 Å². The van der Waals surface area contributed by atoms with Gasteiger partial charge in [-0.3, -0.25) is 9.78 Å². The molecule has 1 aromatic rings. The second-order valence-electron chi connectivity index (χ2n) is 5.01. The van der Waals surface area contributed by atoms with Gasteiger partial charge < -0.3 is 16.0 Å². The third-order valence-electron chi connectivity index (χ3n) is 3.43. The number of pyridine rings is 1. The Balaban J connectivity index is 1.57. The van der Waals surface area contributed by atoms with Crippen molar-refractivity contribution in [1.29, 1.82) is 0 Å². The number of hydrogen-bond acceptors (Lipinski definition) is 3. The summed E-state index contributed by atoms with van der Waals surface area (Å²) in [5.74, 6) is -0.305. The van der Waals surface area contributed by atoms with Crippen LogP contribution in [0.1, 0.15) is 25.7 Å². The zero-order valence-electron chi connectivity index (χ0n) is 11.7. The molecule has 1 aliphatic carbocycles. The second kappa shape index (κ2) is 7.56. The zero-order valence-corrected chi connectivity index (χ0v) is 11.7. The summed E-state index contributed by atoms with van der Waals surface area (Å²) in [6, 6.07) is 0.902. The molecule has 3 amide bonds. The molecule has 0 unspecified atom stereocenters. The Labute approximate surface area is 122 Å². The molecule has 1 aromatic heterocycles. The lowest BCUT2D eigenvalue weighted by Crippen LogP contribution is -2.36. The van der Waals surface area contributed by atoms with E-state index < -0.39 is 11.8 Å². The van der Waals surface area contributed by atoms with Crippen LogP contribution in [0.5, 0.6) is 0 Å². The maximum Gasteiger partial charge on any atom is 0.319 e. The molecule has 1 aliphatic rings. The largest absolute Gasteiger partial charge is 0.356 e. The van der Waals surface area contributed by atoms with Crippen LogP contribution in [0.15, 0.2) is 18.5 Å². The third kappa shape index (κ3) is 4.70. The van der Waals surface area contributed by atoms with Gasteiger partial charge in [-0.05, 0) is 25.3 Å². The molecule has 0 spiro atoms. The molecule has 0 aromatic carbocycles. The highest BCUT2D eigenvalue weighted by molar-refractivity contribution is 5.89. The van der Waals surface area contributed by atoms with Crippen LogP contribution in [0.4, 0.5) is 14.9 Å². The third-order valence-corrected chi connectivity index (χ3v) is 3.43. The van der Waals surface area contributed by atoms with Gasteiger partial charge in [-0.25, -0.2) is 9.18 Å². The number of anilines is 1. The van der Waals surface area contributed by atoms with Gasteiger partial charge in [-0.2, -0.15) is 0 Å². The van der Waals surface area contributed by atoms with Crippen molar-refractivity contribution in [2.24, 2.45) is 5.92 Å². The van der Waals surface area contributed by atoms with E-state index in [1.165, 1.54) is 12.3 Å². The fraction of sp³-hybridized carbons (Fsp3) is 0.500. The average molecular weight is 294 g/mol. The highest BCUT2D eigenvalue weighted by atomic mass is 19.1. The average Bonchev–Trinajstić information content (AvgIpc) is 2.39. The van der Waals surface area contributed by atoms with E-state index in [0.29, 0.717) is 19.5 Å². The van der Waals surface area contributed by atoms with Crippen LogP contribution in [0.2, 0.25) is 0 Å². The smallest absolute Gasteiger partial charge is 0.319 e. The maximum absolute atomic E-state index is 13.2. The van der Waals surface area contributed by atoms with Crippen molar-refractivity contribution in [2.75, 3.05) is 18.4 Å². The molecule has 0 bridgehead atoms. The van der Waals surface area contributed by atoms with E-state index in [1.807, 2.05) is 0 Å². The van der Waals surface area contributed by atoms with Crippen molar-refractivity contribution in [3.05, 3.63) is 24.3 Å². The fourth-order valence-electron chi connectivity index (χ4n) is 1.96. The highest BCUT2D eigenvalue weighted by Gasteiger charge is 2.24. The molecular formula is C14H19FN4O2. The number of carbonyl (C=O) groups is 2. The summed E-state index contributed by atoms with van der Waals surface area (Å²) in [4.78, 5) is 26.7. The van der Waals surface area contributed by atoms with Gasteiger partial charge in [-0.15, -0.1) is 0 Å². The summed E-state index contributed by atoms with van der Waals surface area (Å²) in [7, 11) is 0. The molecule has 6 nitrogen and oxygen atoms in total. The van der Waals surface area contributed by atoms with Gasteiger partial charge in [0.15, 0.2) is 5.82 Å². The quantitative estimate of drug-likeness (QED) is 0.698. The Morgan fingerprint density at radius 2 is 2.05 bits per heavy atom. The Morgan fingerprint density at radius 3 is 2.71 bits per heavy atom. The van der Waals surface area contributed by atoms with E-state index >= 15 is 0 Å². The summed E-state index contributed by atoms with van der Waals surface area (Å²) < 4.78 is 13.2. The van der Waals surface area contributed by atoms with Crippen LogP contribution in [0.25, 0.3) is 0 Å². The normalized spacial score (nSPS) is 14.1. The Kier molecular flexibility index (Phi) is 5.48. The van der Waals surface area contributed by atoms with Gasteiger partial charge in [0.25, 0.3) is 0 Å². The zero-order chi connectivity index (χ0) is 15.1. The molecule has 1 saturated carbocycles. The fourth-order valence-corrected chi connectivity index (χ4v) is 1.96. The summed E-state index contributed by atoms with van der Waals surface area (Å²) in [5.41, 5.74) is 0.0841. The molecule has 1 fully saturated rings. The number of halogens is 1. The number of nitrogens with one attached hydrogen (secondary N) is 3. The van der Waals surface area contributed by atoms with Crippen molar-refractivity contribution in [1.82, 2.24) is 15.6 Å². The van der Waals surface area contributed by atoms with E-state index in [-0.39, 0.29) is 17.5 Å². The Hall–Kier alpha value is -2.18. The van der Waals surface area contributed by atoms with Crippen molar-refractivity contribution >= 4 is 17.6 Å². The van der Waals surface area contributed by atoms with Gasteiger partial charge >= 0.3 is 6.03 Å². The molecule has 21 heavy (non-hydrogen) atoms. The summed E-state index contributed by atoms with van der Waals surface area (Å²) in [5, 5.41) is 7.83. The topological polar surface area (TPSA) is 83.1 Å². The second-order valence-corrected chi connectivity index (χ2v) is 5.01. The number of rotatable bonds is 6. The summed E-state index contributed by atoms with van der Waals surface area (Å²) in [6.45, 7) is 0.933. The number of aromatic nitrogens is 1. The lowest BCUT2D eigenvalue weighted by atomic mass is 9.85. The lowest BCUT2D eigenvalue weighted by Gasteiger charge is -2.23. The van der Waals surface area contributed by atoms with E-state index in [1.54, 1.807) is 0 Å². The van der Waals surface area contributed by atoms with E-state index in [9.17, 15) is 14.0 Å². The molecule has 114 valence electrons. The Morgan fingerprint density at radius 1 is 1.29 bits per heavy atom. The summed E-state index contributed by atoms with van der Waals surface area (Å²) >= 11 is 0. The van der Waals surface area contributed by atoms with Gasteiger partial charge in [-0.1, -0.05) is 6.42 Å². The van der Waals surface area contributed by atoms with Crippen LogP contribution in [0.3, 0.4) is 0 Å². The standard InChI is InChI=1S/C14H19FN4O2/c15-11-9-16-8-5-12(11)19-14(21)18-7-2-6-17-13(20)10-3-1-4-10/h5,8-10H,1-4,6-7H2,(H,17,20)(H2,16,18,19,21). The highest BCUT2D eigenvalue weighted by Crippen LogP contribution is 2.25. The molecule has 0 atom stereocenters. The minimum atomic E-state index is -0.583. The molecule has 0 radical (unpaired) electrons. The molecule has 2 rings (SSSR count). The van der Waals surface area contributed by atoms with Crippen molar-refractivity contribution < 1.29 is 14.0 Å². The van der Waals surface area contributed by atoms with Gasteiger partial charge in [0, 0.05) is 25.2 Å². The molecule has 0 saturated heterocycles. The van der Waals surface area contributed by atoms with Gasteiger partial charge in [0.2, 0.25) is 5.91 Å². The molecule has 1 heterocycles. The predicted molar refractivity (Wildman–Crippen MR) is 76.2 cm³/mol. The first-order valence-corrected chi connectivity index (χ1v) is 7.09.